The van der Waals surface area contributed by atoms with Crippen molar-refractivity contribution < 1.29 is 0 Å². The van der Waals surface area contributed by atoms with Gasteiger partial charge in [0.25, 0.3) is 0 Å². The maximum Gasteiger partial charge on any atom is 0.0554 e. The van der Waals surface area contributed by atoms with Gasteiger partial charge in [0.1, 0.15) is 0 Å². The van der Waals surface area contributed by atoms with Gasteiger partial charge in [0, 0.05) is 33.4 Å². The molecule has 27 heavy (non-hydrogen) atoms. The first-order valence-corrected chi connectivity index (χ1v) is 10.9. The van der Waals surface area contributed by atoms with Gasteiger partial charge in [-0.2, -0.15) is 0 Å². The normalized spacial score (nSPS) is 14.7. The quantitative estimate of drug-likeness (QED) is 0.588. The molecule has 0 aliphatic carbocycles. The molecule has 1 aromatic heterocycles. The van der Waals surface area contributed by atoms with Crippen LogP contribution in [0.25, 0.3) is 0 Å². The molecule has 2 aromatic rings. The molecule has 1 aromatic carbocycles. The number of benzene rings is 1. The number of nitrogens with one attached hydrogen (secondary N) is 1. The van der Waals surface area contributed by atoms with Gasteiger partial charge in [-0.25, -0.2) is 0 Å². The van der Waals surface area contributed by atoms with Crippen molar-refractivity contribution in [1.29, 1.82) is 0 Å². The molecule has 146 valence electrons. The molecule has 0 radical (unpaired) electrons. The van der Waals surface area contributed by atoms with E-state index in [9.17, 15) is 0 Å². The molecule has 2 nitrogen and oxygen atoms in total. The predicted molar refractivity (Wildman–Crippen MR) is 122 cm³/mol. The molecule has 0 spiro atoms. The lowest BCUT2D eigenvalue weighted by Crippen LogP contribution is -2.18. The van der Waals surface area contributed by atoms with Gasteiger partial charge in [-0.3, -0.25) is 0 Å². The summed E-state index contributed by atoms with van der Waals surface area (Å²) in [7, 11) is 0. The van der Waals surface area contributed by atoms with Crippen LogP contribution in [0.5, 0.6) is 0 Å². The molecule has 1 N–H and O–H groups in total. The molecule has 0 bridgehead atoms. The van der Waals surface area contributed by atoms with Crippen LogP contribution in [-0.4, -0.2) is 6.54 Å². The number of nitrogens with zero attached hydrogens (tertiary/aromatic N) is 1. The topological polar surface area (TPSA) is 15.3 Å². The van der Waals surface area contributed by atoms with E-state index in [-0.39, 0.29) is 5.41 Å². The zero-order valence-electron chi connectivity index (χ0n) is 17.8. The fourth-order valence-electron chi connectivity index (χ4n) is 4.06. The molecule has 0 saturated carbocycles. The summed E-state index contributed by atoms with van der Waals surface area (Å²) >= 11 is 1.96. The molecular weight excluding hydrogens is 348 g/mol. The van der Waals surface area contributed by atoms with Crippen LogP contribution in [-0.2, 0) is 6.42 Å². The fraction of sp³-hybridized carbons (Fsp3) is 0.500. The highest BCUT2D eigenvalue weighted by atomic mass is 32.1. The Hall–Kier alpha value is -1.74. The van der Waals surface area contributed by atoms with Gasteiger partial charge in [0.05, 0.1) is 5.69 Å². The van der Waals surface area contributed by atoms with Crippen LogP contribution in [0.1, 0.15) is 60.9 Å². The van der Waals surface area contributed by atoms with Crippen LogP contribution in [0.15, 0.2) is 30.5 Å². The monoisotopic (exact) mass is 382 g/mol. The van der Waals surface area contributed by atoms with Crippen molar-refractivity contribution in [2.75, 3.05) is 16.8 Å². The van der Waals surface area contributed by atoms with Crippen molar-refractivity contribution in [3.63, 3.8) is 0 Å². The van der Waals surface area contributed by atoms with Crippen molar-refractivity contribution >= 4 is 28.4 Å². The van der Waals surface area contributed by atoms with E-state index < -0.39 is 0 Å². The van der Waals surface area contributed by atoms with Crippen molar-refractivity contribution in [1.82, 2.24) is 0 Å². The zero-order valence-corrected chi connectivity index (χ0v) is 18.6. The molecule has 0 saturated heterocycles. The van der Waals surface area contributed by atoms with Crippen LogP contribution in [0.2, 0.25) is 0 Å². The average molecular weight is 383 g/mol. The third-order valence-electron chi connectivity index (χ3n) is 5.11. The number of allylic oxidation sites excluding steroid dienone is 1. The van der Waals surface area contributed by atoms with E-state index in [1.54, 1.807) is 4.88 Å². The predicted octanol–water partition coefficient (Wildman–Crippen LogP) is 7.51. The highest BCUT2D eigenvalue weighted by molar-refractivity contribution is 7.12. The number of thiophene rings is 1. The van der Waals surface area contributed by atoms with Crippen LogP contribution < -0.4 is 10.2 Å². The van der Waals surface area contributed by atoms with E-state index in [1.165, 1.54) is 52.3 Å². The molecule has 0 unspecified atom stereocenters. The fourth-order valence-corrected chi connectivity index (χ4v) is 5.13. The Balaban J connectivity index is 1.90. The summed E-state index contributed by atoms with van der Waals surface area (Å²) in [5.41, 5.74) is 7.86. The average Bonchev–Trinajstić information content (AvgIpc) is 2.78. The van der Waals surface area contributed by atoms with E-state index in [0.29, 0.717) is 0 Å². The van der Waals surface area contributed by atoms with Crippen LogP contribution in [0.4, 0.5) is 17.1 Å². The highest BCUT2D eigenvalue weighted by Gasteiger charge is 2.21. The van der Waals surface area contributed by atoms with Crippen LogP contribution >= 0.6 is 11.3 Å². The maximum atomic E-state index is 4.25. The largest absolute Gasteiger partial charge is 0.359 e. The van der Waals surface area contributed by atoms with Crippen molar-refractivity contribution in [2.45, 2.75) is 67.2 Å². The molecule has 1 aliphatic heterocycles. The number of hydrogen-bond acceptors (Lipinski definition) is 3. The number of rotatable bonds is 4. The minimum absolute atomic E-state index is 0.241. The lowest BCUT2D eigenvalue weighted by atomic mass is 9.90. The Labute approximate surface area is 169 Å². The number of aryl methyl sites for hydroxylation is 4. The Kier molecular flexibility index (Phi) is 5.71. The zero-order chi connectivity index (χ0) is 19.8. The van der Waals surface area contributed by atoms with Gasteiger partial charge in [0.2, 0.25) is 0 Å². The van der Waals surface area contributed by atoms with E-state index in [0.717, 1.165) is 18.7 Å². The minimum Gasteiger partial charge on any atom is -0.359 e. The molecule has 1 aliphatic rings. The summed E-state index contributed by atoms with van der Waals surface area (Å²) in [6, 6.07) is 7.04. The van der Waals surface area contributed by atoms with Gasteiger partial charge >= 0.3 is 0 Å². The summed E-state index contributed by atoms with van der Waals surface area (Å²) in [5, 5.41) is 3.59. The Bertz CT molecular complexity index is 816. The smallest absolute Gasteiger partial charge is 0.0554 e. The Morgan fingerprint density at radius 3 is 2.41 bits per heavy atom. The SMILES string of the molecule is C=C(CC(C)(C)C)Nc1c(C)cc(N2CCCCc3sc(C)cc32)cc1C. The molecular formula is C24H34N2S. The summed E-state index contributed by atoms with van der Waals surface area (Å²) in [6.45, 7) is 18.8. The van der Waals surface area contributed by atoms with Gasteiger partial charge < -0.3 is 10.2 Å². The maximum absolute atomic E-state index is 4.25. The first-order valence-electron chi connectivity index (χ1n) is 10.1. The van der Waals surface area contributed by atoms with Crippen molar-refractivity contribution in [2.24, 2.45) is 5.41 Å². The second kappa shape index (κ2) is 7.71. The van der Waals surface area contributed by atoms with E-state index in [1.807, 2.05) is 11.3 Å². The van der Waals surface area contributed by atoms with E-state index >= 15 is 0 Å². The van der Waals surface area contributed by atoms with Gasteiger partial charge in [-0.05, 0) is 81.2 Å². The summed E-state index contributed by atoms with van der Waals surface area (Å²) in [5.74, 6) is 0. The molecule has 3 heteroatoms. The van der Waals surface area contributed by atoms with Crippen molar-refractivity contribution in [3.05, 3.63) is 51.4 Å². The van der Waals surface area contributed by atoms with Crippen LogP contribution in [0, 0.1) is 26.2 Å². The van der Waals surface area contributed by atoms with Crippen LogP contribution in [0.3, 0.4) is 0 Å². The van der Waals surface area contributed by atoms with Gasteiger partial charge in [0.15, 0.2) is 0 Å². The third kappa shape index (κ3) is 4.76. The second-order valence-corrected chi connectivity index (χ2v) is 10.5. The number of fused-ring (bicyclic) bond motifs is 1. The summed E-state index contributed by atoms with van der Waals surface area (Å²) in [6.07, 6.45) is 4.72. The Morgan fingerprint density at radius 2 is 1.78 bits per heavy atom. The second-order valence-electron chi connectivity index (χ2n) is 9.19. The lowest BCUT2D eigenvalue weighted by Gasteiger charge is -2.26. The standard InChI is InChI=1S/C24H34N2S/c1-16-12-20(13-17(2)23(16)25-18(3)15-24(5,6)7)26-11-9-8-10-22-21(26)14-19(4)27-22/h12-14,25H,3,8-11,15H2,1-2,4-7H3. The molecule has 0 fully saturated rings. The molecule has 0 amide bonds. The lowest BCUT2D eigenvalue weighted by molar-refractivity contribution is 0.411. The highest BCUT2D eigenvalue weighted by Crippen LogP contribution is 2.40. The minimum atomic E-state index is 0.241. The van der Waals surface area contributed by atoms with Crippen molar-refractivity contribution in [3.8, 4) is 0 Å². The van der Waals surface area contributed by atoms with E-state index in [4.69, 9.17) is 0 Å². The summed E-state index contributed by atoms with van der Waals surface area (Å²) in [4.78, 5) is 5.48. The van der Waals surface area contributed by atoms with Gasteiger partial charge in [-0.1, -0.05) is 27.4 Å². The Morgan fingerprint density at radius 1 is 1.11 bits per heavy atom. The first kappa shape index (κ1) is 20.0. The molecule has 0 atom stereocenters. The molecule has 3 rings (SSSR count). The number of hydrogen-bond donors (Lipinski definition) is 1. The van der Waals surface area contributed by atoms with Gasteiger partial charge in [-0.15, -0.1) is 11.3 Å². The summed E-state index contributed by atoms with van der Waals surface area (Å²) < 4.78 is 0. The molecule has 2 heterocycles. The third-order valence-corrected chi connectivity index (χ3v) is 6.21. The van der Waals surface area contributed by atoms with E-state index in [2.05, 4.69) is 76.5 Å². The first-order chi connectivity index (χ1) is 12.6. The number of anilines is 3.